The van der Waals surface area contributed by atoms with Gasteiger partial charge in [0.15, 0.2) is 0 Å². The lowest BCUT2D eigenvalue weighted by Gasteiger charge is -2.10. The smallest absolute Gasteiger partial charge is 0.0102 e. The molecule has 0 aliphatic heterocycles. The van der Waals surface area contributed by atoms with Crippen molar-refractivity contribution in [1.29, 1.82) is 0 Å². The molecule has 0 aromatic heterocycles. The summed E-state index contributed by atoms with van der Waals surface area (Å²) in [4.78, 5) is 0. The molecule has 62 valence electrons. The van der Waals surface area contributed by atoms with Crippen molar-refractivity contribution in [3.8, 4) is 0 Å². The Kier molecular flexibility index (Phi) is 6.17. The van der Waals surface area contributed by atoms with Gasteiger partial charge in [-0.25, -0.2) is 0 Å². The van der Waals surface area contributed by atoms with Crippen molar-refractivity contribution in [2.45, 2.75) is 31.6 Å². The van der Waals surface area contributed by atoms with Crippen LogP contribution in [0.25, 0.3) is 0 Å². The minimum Gasteiger partial charge on any atom is -0.330 e. The molecule has 4 N–H and O–H groups in total. The average Bonchev–Trinajstić information content (AvgIpc) is 1.85. The molecular weight excluding hydrogens is 144 g/mol. The lowest BCUT2D eigenvalue weighted by Crippen LogP contribution is -2.19. The van der Waals surface area contributed by atoms with E-state index in [1.807, 2.05) is 18.7 Å². The van der Waals surface area contributed by atoms with Gasteiger partial charge in [0.1, 0.15) is 0 Å². The summed E-state index contributed by atoms with van der Waals surface area (Å²) < 4.78 is 0. The molecule has 0 aromatic rings. The molecule has 2 nitrogen and oxygen atoms in total. The Morgan fingerprint density at radius 3 is 2.40 bits per heavy atom. The van der Waals surface area contributed by atoms with E-state index in [1.54, 1.807) is 0 Å². The van der Waals surface area contributed by atoms with Crippen molar-refractivity contribution < 1.29 is 0 Å². The molecule has 0 radical (unpaired) electrons. The fourth-order valence-corrected chi connectivity index (χ4v) is 1.57. The molecule has 0 saturated carbocycles. The van der Waals surface area contributed by atoms with Crippen molar-refractivity contribution in [2.24, 2.45) is 11.5 Å². The van der Waals surface area contributed by atoms with E-state index in [0.29, 0.717) is 11.3 Å². The average molecular weight is 162 g/mol. The van der Waals surface area contributed by atoms with E-state index in [-0.39, 0.29) is 0 Å². The predicted molar refractivity (Wildman–Crippen MR) is 49.2 cm³/mol. The highest BCUT2D eigenvalue weighted by molar-refractivity contribution is 7.99. The van der Waals surface area contributed by atoms with Gasteiger partial charge < -0.3 is 11.5 Å². The number of hydrogen-bond acceptors (Lipinski definition) is 3. The third-order valence-electron chi connectivity index (χ3n) is 1.22. The second-order valence-corrected chi connectivity index (χ2v) is 4.17. The Hall–Kier alpha value is 0.270. The van der Waals surface area contributed by atoms with Crippen LogP contribution in [0.3, 0.4) is 0 Å². The highest BCUT2D eigenvalue weighted by atomic mass is 32.2. The van der Waals surface area contributed by atoms with Gasteiger partial charge in [-0.1, -0.05) is 6.92 Å². The van der Waals surface area contributed by atoms with Crippen LogP contribution in [0.4, 0.5) is 0 Å². The molecule has 0 saturated heterocycles. The number of rotatable bonds is 5. The van der Waals surface area contributed by atoms with E-state index in [1.165, 1.54) is 0 Å². The Morgan fingerprint density at radius 2 is 2.00 bits per heavy atom. The number of hydrogen-bond donors (Lipinski definition) is 2. The number of nitrogens with two attached hydrogens (primary N) is 2. The fourth-order valence-electron chi connectivity index (χ4n) is 0.634. The van der Waals surface area contributed by atoms with Crippen LogP contribution < -0.4 is 11.5 Å². The zero-order valence-corrected chi connectivity index (χ0v) is 7.66. The molecule has 0 aliphatic rings. The monoisotopic (exact) mass is 162 g/mol. The largest absolute Gasteiger partial charge is 0.330 e. The zero-order valence-electron chi connectivity index (χ0n) is 6.84. The summed E-state index contributed by atoms with van der Waals surface area (Å²) in [5.41, 5.74) is 11.0. The predicted octanol–water partition coefficient (Wildman–Crippen LogP) is 0.804. The van der Waals surface area contributed by atoms with Crippen LogP contribution in [0.1, 0.15) is 20.3 Å². The van der Waals surface area contributed by atoms with Gasteiger partial charge in [0.2, 0.25) is 0 Å². The van der Waals surface area contributed by atoms with Gasteiger partial charge in [-0.15, -0.1) is 0 Å². The van der Waals surface area contributed by atoms with Gasteiger partial charge in [-0.3, -0.25) is 0 Å². The first-order valence-electron chi connectivity index (χ1n) is 3.74. The van der Waals surface area contributed by atoms with Crippen molar-refractivity contribution in [3.63, 3.8) is 0 Å². The molecule has 0 spiro atoms. The van der Waals surface area contributed by atoms with E-state index >= 15 is 0 Å². The maximum Gasteiger partial charge on any atom is 0.0102 e. The molecule has 0 amide bonds. The summed E-state index contributed by atoms with van der Waals surface area (Å²) in [7, 11) is 0. The van der Waals surface area contributed by atoms with Crippen LogP contribution >= 0.6 is 11.8 Å². The first-order valence-corrected chi connectivity index (χ1v) is 4.79. The zero-order chi connectivity index (χ0) is 7.98. The molecule has 10 heavy (non-hydrogen) atoms. The van der Waals surface area contributed by atoms with Crippen molar-refractivity contribution in [1.82, 2.24) is 0 Å². The van der Waals surface area contributed by atoms with Crippen molar-refractivity contribution in [3.05, 3.63) is 0 Å². The molecular formula is C7H18N2S. The Balaban J connectivity index is 3.12. The summed E-state index contributed by atoms with van der Waals surface area (Å²) in [5.74, 6) is 1.04. The molecule has 0 aromatic carbocycles. The van der Waals surface area contributed by atoms with Crippen LogP contribution in [0.5, 0.6) is 0 Å². The minimum atomic E-state index is 0.310. The molecule has 2 unspecified atom stereocenters. The van der Waals surface area contributed by atoms with Crippen molar-refractivity contribution >= 4 is 11.8 Å². The Bertz CT molecular complexity index is 76.0. The van der Waals surface area contributed by atoms with E-state index in [2.05, 4.69) is 6.92 Å². The first-order chi connectivity index (χ1) is 4.66. The molecule has 0 rings (SSSR count). The second-order valence-electron chi connectivity index (χ2n) is 2.70. The summed E-state index contributed by atoms with van der Waals surface area (Å²) in [6.45, 7) is 5.01. The minimum absolute atomic E-state index is 0.310. The van der Waals surface area contributed by atoms with Gasteiger partial charge in [0.25, 0.3) is 0 Å². The van der Waals surface area contributed by atoms with E-state index < -0.39 is 0 Å². The SMILES string of the molecule is CC(N)CSC(C)CCN. The van der Waals surface area contributed by atoms with Crippen LogP contribution in [-0.2, 0) is 0 Å². The molecule has 0 aliphatic carbocycles. The summed E-state index contributed by atoms with van der Waals surface area (Å²) in [6, 6.07) is 0.310. The normalized spacial score (nSPS) is 16.8. The molecule has 0 fully saturated rings. The standard InChI is InChI=1S/C7H18N2S/c1-6(9)5-10-7(2)3-4-8/h6-7H,3-5,8-9H2,1-2H3. The van der Waals surface area contributed by atoms with Crippen LogP contribution in [0, 0.1) is 0 Å². The third-order valence-corrected chi connectivity index (χ3v) is 2.74. The molecule has 0 bridgehead atoms. The van der Waals surface area contributed by atoms with Gasteiger partial charge in [0, 0.05) is 17.0 Å². The summed E-state index contributed by atoms with van der Waals surface area (Å²) in [6.07, 6.45) is 1.09. The van der Waals surface area contributed by atoms with E-state index in [9.17, 15) is 0 Å². The van der Waals surface area contributed by atoms with Gasteiger partial charge in [-0.05, 0) is 19.9 Å². The fraction of sp³-hybridized carbons (Fsp3) is 1.00. The quantitative estimate of drug-likeness (QED) is 0.629. The Morgan fingerprint density at radius 1 is 1.40 bits per heavy atom. The second kappa shape index (κ2) is 6.01. The van der Waals surface area contributed by atoms with Gasteiger partial charge in [-0.2, -0.15) is 11.8 Å². The topological polar surface area (TPSA) is 52.0 Å². The summed E-state index contributed by atoms with van der Waals surface area (Å²) >= 11 is 1.90. The van der Waals surface area contributed by atoms with Crippen LogP contribution in [-0.4, -0.2) is 23.6 Å². The lowest BCUT2D eigenvalue weighted by atomic mass is 10.3. The third kappa shape index (κ3) is 6.39. The highest BCUT2D eigenvalue weighted by Gasteiger charge is 2.01. The first kappa shape index (κ1) is 10.3. The van der Waals surface area contributed by atoms with E-state index in [0.717, 1.165) is 18.7 Å². The maximum atomic E-state index is 5.58. The van der Waals surface area contributed by atoms with Crippen molar-refractivity contribution in [2.75, 3.05) is 12.3 Å². The maximum absolute atomic E-state index is 5.58. The highest BCUT2D eigenvalue weighted by Crippen LogP contribution is 2.13. The van der Waals surface area contributed by atoms with E-state index in [4.69, 9.17) is 11.5 Å². The molecule has 2 atom stereocenters. The van der Waals surface area contributed by atoms with Crippen LogP contribution in [0.2, 0.25) is 0 Å². The van der Waals surface area contributed by atoms with Gasteiger partial charge in [0.05, 0.1) is 0 Å². The van der Waals surface area contributed by atoms with Gasteiger partial charge >= 0.3 is 0 Å². The molecule has 0 heterocycles. The lowest BCUT2D eigenvalue weighted by molar-refractivity contribution is 0.806. The van der Waals surface area contributed by atoms with Crippen LogP contribution in [0.15, 0.2) is 0 Å². The Labute approximate surface area is 67.7 Å². The molecule has 3 heteroatoms. The summed E-state index contributed by atoms with van der Waals surface area (Å²) in [5, 5.41) is 0.663. The number of thioether (sulfide) groups is 1.